The highest BCUT2D eigenvalue weighted by atomic mass is 19.1. The van der Waals surface area contributed by atoms with Crippen LogP contribution in [0.4, 0.5) is 15.9 Å². The van der Waals surface area contributed by atoms with Crippen molar-refractivity contribution in [3.8, 4) is 34.7 Å². The number of fused-ring (bicyclic) bond motifs is 1. The Hall–Kier alpha value is -4.53. The molecule has 33 heavy (non-hydrogen) atoms. The van der Waals surface area contributed by atoms with Crippen molar-refractivity contribution in [2.45, 2.75) is 0 Å². The minimum Gasteiger partial charge on any atom is -0.497 e. The summed E-state index contributed by atoms with van der Waals surface area (Å²) in [4.78, 5) is 9.22. The molecule has 164 valence electrons. The Labute approximate surface area is 188 Å². The summed E-state index contributed by atoms with van der Waals surface area (Å²) in [6, 6.07) is 18.8. The summed E-state index contributed by atoms with van der Waals surface area (Å²) in [7, 11) is 3.18. The Bertz CT molecular complexity index is 1440. The van der Waals surface area contributed by atoms with Gasteiger partial charge in [-0.3, -0.25) is 0 Å². The quantitative estimate of drug-likeness (QED) is 0.380. The molecule has 3 aromatic carbocycles. The first-order valence-corrected chi connectivity index (χ1v) is 10.0. The fourth-order valence-electron chi connectivity index (χ4n) is 3.32. The molecule has 0 aliphatic carbocycles. The zero-order chi connectivity index (χ0) is 22.8. The average molecular weight is 443 g/mol. The molecule has 5 rings (SSSR count). The van der Waals surface area contributed by atoms with Gasteiger partial charge < -0.3 is 19.2 Å². The molecule has 8 nitrogen and oxygen atoms in total. The SMILES string of the molecule is COc1ccc(Nc2nc(-c3nnc(-c4ccc(F)cc4)o3)nc3ccccc23)c(OC)c1. The Morgan fingerprint density at radius 3 is 2.42 bits per heavy atom. The van der Waals surface area contributed by atoms with E-state index in [2.05, 4.69) is 25.5 Å². The zero-order valence-electron chi connectivity index (χ0n) is 17.7. The number of hydrogen-bond acceptors (Lipinski definition) is 8. The number of nitrogens with zero attached hydrogens (tertiary/aromatic N) is 4. The number of aromatic nitrogens is 4. The molecule has 0 aliphatic heterocycles. The van der Waals surface area contributed by atoms with Crippen molar-refractivity contribution in [2.75, 3.05) is 19.5 Å². The van der Waals surface area contributed by atoms with E-state index >= 15 is 0 Å². The Morgan fingerprint density at radius 2 is 1.64 bits per heavy atom. The number of benzene rings is 3. The van der Waals surface area contributed by atoms with Gasteiger partial charge in [-0.05, 0) is 48.5 Å². The van der Waals surface area contributed by atoms with Crippen LogP contribution in [-0.2, 0) is 0 Å². The predicted octanol–water partition coefficient (Wildman–Crippen LogP) is 5.25. The summed E-state index contributed by atoms with van der Waals surface area (Å²) in [6.07, 6.45) is 0. The maximum absolute atomic E-state index is 13.2. The largest absolute Gasteiger partial charge is 0.497 e. The van der Waals surface area contributed by atoms with E-state index in [9.17, 15) is 4.39 Å². The maximum Gasteiger partial charge on any atom is 0.286 e. The lowest BCUT2D eigenvalue weighted by Gasteiger charge is -2.13. The van der Waals surface area contributed by atoms with Crippen molar-refractivity contribution in [1.29, 1.82) is 0 Å². The van der Waals surface area contributed by atoms with Gasteiger partial charge in [-0.2, -0.15) is 0 Å². The smallest absolute Gasteiger partial charge is 0.286 e. The monoisotopic (exact) mass is 443 g/mol. The van der Waals surface area contributed by atoms with E-state index in [1.807, 2.05) is 36.4 Å². The van der Waals surface area contributed by atoms with Crippen LogP contribution in [0.1, 0.15) is 0 Å². The number of rotatable bonds is 6. The van der Waals surface area contributed by atoms with E-state index in [1.165, 1.54) is 12.1 Å². The minimum atomic E-state index is -0.346. The van der Waals surface area contributed by atoms with Gasteiger partial charge in [0.25, 0.3) is 5.89 Å². The molecular formula is C24H18FN5O3. The highest BCUT2D eigenvalue weighted by Gasteiger charge is 2.17. The van der Waals surface area contributed by atoms with Gasteiger partial charge in [-0.25, -0.2) is 14.4 Å². The molecule has 2 heterocycles. The van der Waals surface area contributed by atoms with Gasteiger partial charge in [0.1, 0.15) is 23.1 Å². The van der Waals surface area contributed by atoms with E-state index in [0.717, 1.165) is 5.39 Å². The second-order valence-electron chi connectivity index (χ2n) is 7.02. The lowest BCUT2D eigenvalue weighted by atomic mass is 10.2. The van der Waals surface area contributed by atoms with Crippen LogP contribution in [-0.4, -0.2) is 34.4 Å². The van der Waals surface area contributed by atoms with E-state index in [0.29, 0.717) is 34.1 Å². The van der Waals surface area contributed by atoms with Crippen molar-refractivity contribution in [1.82, 2.24) is 20.2 Å². The molecular weight excluding hydrogens is 425 g/mol. The van der Waals surface area contributed by atoms with Crippen LogP contribution in [0.2, 0.25) is 0 Å². The van der Waals surface area contributed by atoms with Crippen LogP contribution >= 0.6 is 0 Å². The number of methoxy groups -OCH3 is 2. The zero-order valence-corrected chi connectivity index (χ0v) is 17.7. The highest BCUT2D eigenvalue weighted by Crippen LogP contribution is 2.34. The molecule has 0 spiro atoms. The van der Waals surface area contributed by atoms with Gasteiger partial charge in [-0.15, -0.1) is 10.2 Å². The first-order valence-electron chi connectivity index (χ1n) is 10.0. The molecule has 2 aromatic heterocycles. The second-order valence-corrected chi connectivity index (χ2v) is 7.02. The van der Waals surface area contributed by atoms with Crippen LogP contribution in [0.5, 0.6) is 11.5 Å². The van der Waals surface area contributed by atoms with Gasteiger partial charge in [0.05, 0.1) is 25.4 Å². The topological polar surface area (TPSA) is 95.2 Å². The predicted molar refractivity (Wildman–Crippen MR) is 121 cm³/mol. The second kappa shape index (κ2) is 8.54. The summed E-state index contributed by atoms with van der Waals surface area (Å²) in [5.74, 6) is 2.10. The van der Waals surface area contributed by atoms with Crippen molar-refractivity contribution in [3.63, 3.8) is 0 Å². The first-order chi connectivity index (χ1) is 16.1. The normalized spacial score (nSPS) is 10.9. The van der Waals surface area contributed by atoms with Crippen LogP contribution in [0.25, 0.3) is 34.1 Å². The highest BCUT2D eigenvalue weighted by molar-refractivity contribution is 5.92. The lowest BCUT2D eigenvalue weighted by Crippen LogP contribution is -2.01. The van der Waals surface area contributed by atoms with Crippen LogP contribution in [0.15, 0.2) is 71.1 Å². The Morgan fingerprint density at radius 1 is 0.848 bits per heavy atom. The molecule has 1 N–H and O–H groups in total. The molecule has 0 saturated heterocycles. The van der Waals surface area contributed by atoms with E-state index < -0.39 is 0 Å². The lowest BCUT2D eigenvalue weighted by molar-refractivity contribution is 0.395. The Kier molecular flexibility index (Phi) is 5.27. The third kappa shape index (κ3) is 4.03. The van der Waals surface area contributed by atoms with Crippen molar-refractivity contribution < 1.29 is 18.3 Å². The van der Waals surface area contributed by atoms with Gasteiger partial charge in [0.2, 0.25) is 11.7 Å². The Balaban J connectivity index is 1.57. The summed E-state index contributed by atoms with van der Waals surface area (Å²) >= 11 is 0. The maximum atomic E-state index is 13.2. The fourth-order valence-corrected chi connectivity index (χ4v) is 3.32. The molecule has 9 heteroatoms. The van der Waals surface area contributed by atoms with Gasteiger partial charge in [0, 0.05) is 17.0 Å². The number of hydrogen-bond donors (Lipinski definition) is 1. The van der Waals surface area contributed by atoms with Crippen LogP contribution < -0.4 is 14.8 Å². The molecule has 0 amide bonds. The van der Waals surface area contributed by atoms with Gasteiger partial charge in [-0.1, -0.05) is 12.1 Å². The summed E-state index contributed by atoms with van der Waals surface area (Å²) in [5, 5.41) is 12.3. The molecule has 0 unspecified atom stereocenters. The van der Waals surface area contributed by atoms with Crippen molar-refractivity contribution in [3.05, 3.63) is 72.5 Å². The molecule has 0 radical (unpaired) electrons. The summed E-state index contributed by atoms with van der Waals surface area (Å²) in [5.41, 5.74) is 1.99. The molecule has 0 fully saturated rings. The molecule has 0 aliphatic rings. The minimum absolute atomic E-state index is 0.143. The molecule has 5 aromatic rings. The number of nitrogens with one attached hydrogen (secondary N) is 1. The third-order valence-corrected chi connectivity index (χ3v) is 4.97. The average Bonchev–Trinajstić information content (AvgIpc) is 3.35. The molecule has 0 bridgehead atoms. The number of para-hydroxylation sites is 1. The first kappa shape index (κ1) is 20.4. The molecule has 0 saturated carbocycles. The number of ether oxygens (including phenoxy) is 2. The summed E-state index contributed by atoms with van der Waals surface area (Å²) < 4.78 is 29.8. The fraction of sp³-hybridized carbons (Fsp3) is 0.0833. The third-order valence-electron chi connectivity index (χ3n) is 4.97. The number of halogens is 1. The van der Waals surface area contributed by atoms with E-state index in [1.54, 1.807) is 32.4 Å². The van der Waals surface area contributed by atoms with Crippen molar-refractivity contribution >= 4 is 22.4 Å². The van der Waals surface area contributed by atoms with Gasteiger partial charge in [0.15, 0.2) is 0 Å². The van der Waals surface area contributed by atoms with Gasteiger partial charge >= 0.3 is 0 Å². The van der Waals surface area contributed by atoms with E-state index in [-0.39, 0.29) is 23.4 Å². The number of anilines is 2. The van der Waals surface area contributed by atoms with E-state index in [4.69, 9.17) is 13.9 Å². The standard InChI is InChI=1S/C24H18FN5O3/c1-31-16-11-12-19(20(13-16)32-2)27-21-17-5-3-4-6-18(17)26-22(28-21)24-30-29-23(33-24)14-7-9-15(25)10-8-14/h3-13H,1-2H3,(H,26,27,28). The van der Waals surface area contributed by atoms with Crippen LogP contribution in [0, 0.1) is 5.82 Å². The van der Waals surface area contributed by atoms with Crippen molar-refractivity contribution in [2.24, 2.45) is 0 Å². The van der Waals surface area contributed by atoms with Crippen LogP contribution in [0.3, 0.4) is 0 Å². The summed E-state index contributed by atoms with van der Waals surface area (Å²) in [6.45, 7) is 0. The molecule has 0 atom stereocenters.